The third-order valence-corrected chi connectivity index (χ3v) is 2.89. The minimum Gasteiger partial charge on any atom is -0.381 e. The molecule has 0 bridgehead atoms. The number of rotatable bonds is 3. The third kappa shape index (κ3) is 3.63. The predicted octanol–water partition coefficient (Wildman–Crippen LogP) is 5.11. The smallest absolute Gasteiger partial charge is 0.381 e. The quantitative estimate of drug-likeness (QED) is 0.777. The first-order chi connectivity index (χ1) is 9.36. The van der Waals surface area contributed by atoms with Crippen molar-refractivity contribution in [1.82, 2.24) is 0 Å². The molecular weight excluding hydrogens is 294 g/mol. The van der Waals surface area contributed by atoms with Gasteiger partial charge < -0.3 is 5.32 Å². The van der Waals surface area contributed by atoms with Gasteiger partial charge in [0.1, 0.15) is 5.82 Å². The molecule has 0 saturated carbocycles. The summed E-state index contributed by atoms with van der Waals surface area (Å²) in [5.74, 6) is -0.552. The Morgan fingerprint density at radius 3 is 2.40 bits per heavy atom. The Labute approximate surface area is 118 Å². The van der Waals surface area contributed by atoms with Crippen LogP contribution in [0.4, 0.5) is 23.2 Å². The van der Waals surface area contributed by atoms with Gasteiger partial charge in [-0.15, -0.1) is 0 Å². The Morgan fingerprint density at radius 2 is 1.75 bits per heavy atom. The summed E-state index contributed by atoms with van der Waals surface area (Å²) in [4.78, 5) is 0. The molecule has 0 aromatic heterocycles. The van der Waals surface area contributed by atoms with Crippen LogP contribution in [-0.4, -0.2) is 0 Å². The monoisotopic (exact) mass is 303 g/mol. The summed E-state index contributed by atoms with van der Waals surface area (Å²) in [7, 11) is 0. The van der Waals surface area contributed by atoms with E-state index in [1.165, 1.54) is 30.3 Å². The van der Waals surface area contributed by atoms with Gasteiger partial charge in [-0.05, 0) is 29.8 Å². The molecule has 0 fully saturated rings. The Bertz CT molecular complexity index is 590. The van der Waals surface area contributed by atoms with Gasteiger partial charge in [0, 0.05) is 17.3 Å². The topological polar surface area (TPSA) is 12.0 Å². The molecule has 0 saturated heterocycles. The fourth-order valence-corrected chi connectivity index (χ4v) is 2.03. The van der Waals surface area contributed by atoms with Gasteiger partial charge in [-0.2, -0.15) is 13.2 Å². The largest absolute Gasteiger partial charge is 0.416 e. The van der Waals surface area contributed by atoms with Gasteiger partial charge in [0.25, 0.3) is 0 Å². The van der Waals surface area contributed by atoms with E-state index < -0.39 is 17.6 Å². The van der Waals surface area contributed by atoms with Crippen LogP contribution in [0.5, 0.6) is 0 Å². The molecule has 0 aliphatic carbocycles. The van der Waals surface area contributed by atoms with Crippen LogP contribution >= 0.6 is 11.6 Å². The fraction of sp³-hybridized carbons (Fsp3) is 0.143. The van der Waals surface area contributed by atoms with E-state index in [4.69, 9.17) is 11.6 Å². The molecule has 20 heavy (non-hydrogen) atoms. The van der Waals surface area contributed by atoms with E-state index in [1.54, 1.807) is 0 Å². The molecule has 0 heterocycles. The SMILES string of the molecule is Fc1cc(Cl)cc(NCc2ccccc2C(F)(F)F)c1. The van der Waals surface area contributed by atoms with Crippen molar-refractivity contribution in [1.29, 1.82) is 0 Å². The maximum Gasteiger partial charge on any atom is 0.416 e. The Kier molecular flexibility index (Phi) is 4.18. The van der Waals surface area contributed by atoms with Crippen LogP contribution in [-0.2, 0) is 12.7 Å². The molecule has 0 spiro atoms. The minimum atomic E-state index is -4.42. The molecule has 6 heteroatoms. The van der Waals surface area contributed by atoms with E-state index in [0.717, 1.165) is 12.1 Å². The molecule has 0 atom stereocenters. The molecule has 2 aromatic carbocycles. The fourth-order valence-electron chi connectivity index (χ4n) is 1.80. The normalized spacial score (nSPS) is 11.4. The number of halogens is 5. The average Bonchev–Trinajstić information content (AvgIpc) is 2.34. The lowest BCUT2D eigenvalue weighted by atomic mass is 10.1. The van der Waals surface area contributed by atoms with Gasteiger partial charge in [0.2, 0.25) is 0 Å². The Hall–Kier alpha value is -1.75. The van der Waals surface area contributed by atoms with Crippen molar-refractivity contribution in [2.75, 3.05) is 5.32 Å². The number of hydrogen-bond donors (Lipinski definition) is 1. The lowest BCUT2D eigenvalue weighted by Crippen LogP contribution is -2.11. The predicted molar refractivity (Wildman–Crippen MR) is 70.2 cm³/mol. The number of hydrogen-bond acceptors (Lipinski definition) is 1. The average molecular weight is 304 g/mol. The summed E-state index contributed by atoms with van der Waals surface area (Å²) in [6.07, 6.45) is -4.42. The van der Waals surface area contributed by atoms with E-state index in [1.807, 2.05) is 0 Å². The van der Waals surface area contributed by atoms with Crippen LogP contribution < -0.4 is 5.32 Å². The van der Waals surface area contributed by atoms with Crippen LogP contribution in [0.3, 0.4) is 0 Å². The maximum atomic E-state index is 13.1. The first kappa shape index (κ1) is 14.7. The van der Waals surface area contributed by atoms with Crippen molar-refractivity contribution < 1.29 is 17.6 Å². The summed E-state index contributed by atoms with van der Waals surface area (Å²) in [5, 5.41) is 2.91. The molecule has 106 valence electrons. The van der Waals surface area contributed by atoms with Crippen LogP contribution in [0, 0.1) is 5.82 Å². The van der Waals surface area contributed by atoms with Crippen molar-refractivity contribution in [3.8, 4) is 0 Å². The van der Waals surface area contributed by atoms with E-state index in [9.17, 15) is 17.6 Å². The molecule has 0 unspecified atom stereocenters. The van der Waals surface area contributed by atoms with Crippen LogP contribution in [0.1, 0.15) is 11.1 Å². The van der Waals surface area contributed by atoms with E-state index in [0.29, 0.717) is 5.69 Å². The van der Waals surface area contributed by atoms with Gasteiger partial charge in [-0.3, -0.25) is 0 Å². The molecule has 0 radical (unpaired) electrons. The third-order valence-electron chi connectivity index (χ3n) is 2.67. The van der Waals surface area contributed by atoms with Gasteiger partial charge in [-0.1, -0.05) is 29.8 Å². The van der Waals surface area contributed by atoms with Crippen LogP contribution in [0.2, 0.25) is 5.02 Å². The number of nitrogens with one attached hydrogen (secondary N) is 1. The lowest BCUT2D eigenvalue weighted by Gasteiger charge is -2.14. The summed E-state index contributed by atoms with van der Waals surface area (Å²) in [5.41, 5.74) is -0.303. The minimum absolute atomic E-state index is 0.0739. The highest BCUT2D eigenvalue weighted by molar-refractivity contribution is 6.30. The van der Waals surface area contributed by atoms with Gasteiger partial charge in [-0.25, -0.2) is 4.39 Å². The number of alkyl halides is 3. The molecule has 0 aliphatic rings. The maximum absolute atomic E-state index is 13.1. The van der Waals surface area contributed by atoms with E-state index in [-0.39, 0.29) is 17.1 Å². The highest BCUT2D eigenvalue weighted by Gasteiger charge is 2.32. The summed E-state index contributed by atoms with van der Waals surface area (Å²) >= 11 is 5.68. The summed E-state index contributed by atoms with van der Waals surface area (Å²) in [6.45, 7) is -0.0739. The highest BCUT2D eigenvalue weighted by Crippen LogP contribution is 2.32. The second kappa shape index (κ2) is 5.71. The molecule has 1 N–H and O–H groups in total. The number of benzene rings is 2. The molecule has 0 aliphatic heterocycles. The first-order valence-electron chi connectivity index (χ1n) is 5.71. The first-order valence-corrected chi connectivity index (χ1v) is 6.09. The highest BCUT2D eigenvalue weighted by atomic mass is 35.5. The molecule has 2 aromatic rings. The van der Waals surface area contributed by atoms with Gasteiger partial charge in [0.15, 0.2) is 0 Å². The Morgan fingerprint density at radius 1 is 1.05 bits per heavy atom. The van der Waals surface area contributed by atoms with Crippen LogP contribution in [0.15, 0.2) is 42.5 Å². The molecular formula is C14H10ClF4N. The summed E-state index contributed by atoms with van der Waals surface area (Å²) < 4.78 is 51.5. The standard InChI is InChI=1S/C14H10ClF4N/c15-10-5-11(16)7-12(6-10)20-8-9-3-1-2-4-13(9)14(17,18)19/h1-7,20H,8H2. The van der Waals surface area contributed by atoms with E-state index in [2.05, 4.69) is 5.32 Å². The number of anilines is 1. The summed E-state index contributed by atoms with van der Waals surface area (Å²) in [6, 6.07) is 8.96. The van der Waals surface area contributed by atoms with Crippen molar-refractivity contribution in [3.63, 3.8) is 0 Å². The zero-order valence-electron chi connectivity index (χ0n) is 10.1. The zero-order valence-corrected chi connectivity index (χ0v) is 10.9. The second-order valence-electron chi connectivity index (χ2n) is 4.17. The van der Waals surface area contributed by atoms with Gasteiger partial charge >= 0.3 is 6.18 Å². The van der Waals surface area contributed by atoms with Crippen molar-refractivity contribution in [3.05, 3.63) is 64.4 Å². The molecule has 0 amide bonds. The van der Waals surface area contributed by atoms with Crippen molar-refractivity contribution in [2.45, 2.75) is 12.7 Å². The lowest BCUT2D eigenvalue weighted by molar-refractivity contribution is -0.138. The molecule has 2 rings (SSSR count). The van der Waals surface area contributed by atoms with E-state index >= 15 is 0 Å². The second-order valence-corrected chi connectivity index (χ2v) is 4.60. The molecule has 1 nitrogen and oxygen atoms in total. The van der Waals surface area contributed by atoms with Crippen molar-refractivity contribution >= 4 is 17.3 Å². The Balaban J connectivity index is 2.19. The van der Waals surface area contributed by atoms with Crippen molar-refractivity contribution in [2.24, 2.45) is 0 Å². The van der Waals surface area contributed by atoms with Gasteiger partial charge in [0.05, 0.1) is 5.56 Å². The van der Waals surface area contributed by atoms with Crippen LogP contribution in [0.25, 0.3) is 0 Å². The zero-order chi connectivity index (χ0) is 14.8.